The van der Waals surface area contributed by atoms with E-state index >= 15 is 0 Å². The molecule has 30 heavy (non-hydrogen) atoms. The Morgan fingerprint density at radius 3 is 2.17 bits per heavy atom. The number of ether oxygens (including phenoxy) is 2. The van der Waals surface area contributed by atoms with Gasteiger partial charge in [-0.05, 0) is 51.5 Å². The van der Waals surface area contributed by atoms with E-state index in [1.54, 1.807) is 0 Å². The SMILES string of the molecule is CCC(C)(C)C(=O)OCc1ccccc1.CCC(C)C(=O)OCCCCCC(=O)O. The van der Waals surface area contributed by atoms with Crippen LogP contribution in [-0.2, 0) is 30.5 Å². The second kappa shape index (κ2) is 15.5. The highest BCUT2D eigenvalue weighted by atomic mass is 16.5. The normalized spacial score (nSPS) is 11.6. The van der Waals surface area contributed by atoms with Crippen LogP contribution in [0.2, 0.25) is 0 Å². The third-order valence-corrected chi connectivity index (χ3v) is 4.94. The van der Waals surface area contributed by atoms with Crippen LogP contribution in [0.25, 0.3) is 0 Å². The van der Waals surface area contributed by atoms with Crippen LogP contribution >= 0.6 is 0 Å². The van der Waals surface area contributed by atoms with Crippen molar-refractivity contribution in [1.29, 1.82) is 0 Å². The van der Waals surface area contributed by atoms with E-state index in [-0.39, 0.29) is 29.7 Å². The molecule has 6 heteroatoms. The molecule has 0 heterocycles. The molecule has 0 saturated carbocycles. The highest BCUT2D eigenvalue weighted by molar-refractivity contribution is 5.75. The Balaban J connectivity index is 0.000000561. The minimum absolute atomic E-state index is 0.0379. The number of aliphatic carboxylic acids is 1. The van der Waals surface area contributed by atoms with Crippen molar-refractivity contribution in [2.24, 2.45) is 11.3 Å². The van der Waals surface area contributed by atoms with Crippen molar-refractivity contribution in [2.45, 2.75) is 79.8 Å². The zero-order chi connectivity index (χ0) is 23.0. The van der Waals surface area contributed by atoms with Crippen LogP contribution in [0.15, 0.2) is 30.3 Å². The standard InChI is InChI=1S/C13H18O2.C11H20O4/c1-4-13(2,3)12(14)15-10-11-8-6-5-7-9-11;1-3-9(2)11(14)15-8-6-4-5-7-10(12)13/h5-9H,4,10H2,1-3H3;9H,3-8H2,1-2H3,(H,12,13). The number of unbranched alkanes of at least 4 members (excludes halogenated alkanes) is 2. The number of carboxylic acid groups (broad SMARTS) is 1. The number of carboxylic acids is 1. The van der Waals surface area contributed by atoms with Crippen molar-refractivity contribution in [3.8, 4) is 0 Å². The Labute approximate surface area is 181 Å². The highest BCUT2D eigenvalue weighted by Crippen LogP contribution is 2.22. The molecule has 1 atom stereocenters. The Morgan fingerprint density at radius 2 is 1.63 bits per heavy atom. The van der Waals surface area contributed by atoms with Crippen molar-refractivity contribution in [3.05, 3.63) is 35.9 Å². The number of hydrogen-bond acceptors (Lipinski definition) is 5. The fourth-order valence-corrected chi connectivity index (χ4v) is 2.10. The Hall–Kier alpha value is -2.37. The predicted octanol–water partition coefficient (Wildman–Crippen LogP) is 5.39. The monoisotopic (exact) mass is 422 g/mol. The molecule has 0 amide bonds. The van der Waals surface area contributed by atoms with Gasteiger partial charge in [0, 0.05) is 6.42 Å². The zero-order valence-corrected chi connectivity index (χ0v) is 19.1. The first-order valence-corrected chi connectivity index (χ1v) is 10.7. The molecule has 0 spiro atoms. The fraction of sp³-hybridized carbons (Fsp3) is 0.625. The molecule has 1 rings (SSSR count). The molecule has 6 nitrogen and oxygen atoms in total. The lowest BCUT2D eigenvalue weighted by Crippen LogP contribution is -2.25. The molecule has 0 aliphatic carbocycles. The van der Waals surface area contributed by atoms with Gasteiger partial charge in [-0.3, -0.25) is 14.4 Å². The maximum absolute atomic E-state index is 11.6. The molecule has 0 bridgehead atoms. The molecule has 1 N–H and O–H groups in total. The molecule has 0 aliphatic rings. The number of carbonyl (C=O) groups excluding carboxylic acids is 2. The fourth-order valence-electron chi connectivity index (χ4n) is 2.10. The molecule has 1 aromatic carbocycles. The zero-order valence-electron chi connectivity index (χ0n) is 19.1. The van der Waals surface area contributed by atoms with Gasteiger partial charge >= 0.3 is 17.9 Å². The molecule has 0 aromatic heterocycles. The molecule has 1 unspecified atom stereocenters. The Kier molecular flexibility index (Phi) is 14.2. The number of hydrogen-bond donors (Lipinski definition) is 1. The molecular formula is C24H38O6. The van der Waals surface area contributed by atoms with Gasteiger partial charge in [-0.25, -0.2) is 0 Å². The summed E-state index contributed by atoms with van der Waals surface area (Å²) < 4.78 is 10.3. The van der Waals surface area contributed by atoms with Crippen LogP contribution < -0.4 is 0 Å². The number of carbonyl (C=O) groups is 3. The van der Waals surface area contributed by atoms with E-state index in [2.05, 4.69) is 0 Å². The van der Waals surface area contributed by atoms with E-state index in [1.807, 2.05) is 65.0 Å². The molecule has 1 aromatic rings. The summed E-state index contributed by atoms with van der Waals surface area (Å²) >= 11 is 0. The summed E-state index contributed by atoms with van der Waals surface area (Å²) in [4.78, 5) is 33.0. The first-order chi connectivity index (χ1) is 14.1. The van der Waals surface area contributed by atoms with E-state index in [4.69, 9.17) is 14.6 Å². The lowest BCUT2D eigenvalue weighted by atomic mass is 9.91. The van der Waals surface area contributed by atoms with Gasteiger partial charge in [0.1, 0.15) is 6.61 Å². The third kappa shape index (κ3) is 13.0. The van der Waals surface area contributed by atoms with E-state index < -0.39 is 5.97 Å². The van der Waals surface area contributed by atoms with Crippen molar-refractivity contribution >= 4 is 17.9 Å². The summed E-state index contributed by atoms with van der Waals surface area (Å²) in [7, 11) is 0. The Morgan fingerprint density at radius 1 is 1.00 bits per heavy atom. The number of benzene rings is 1. The smallest absolute Gasteiger partial charge is 0.311 e. The largest absolute Gasteiger partial charge is 0.481 e. The predicted molar refractivity (Wildman–Crippen MR) is 117 cm³/mol. The average Bonchev–Trinajstić information content (AvgIpc) is 2.74. The lowest BCUT2D eigenvalue weighted by molar-refractivity contribution is -0.155. The van der Waals surface area contributed by atoms with Gasteiger partial charge in [-0.2, -0.15) is 0 Å². The van der Waals surface area contributed by atoms with Gasteiger partial charge in [0.05, 0.1) is 17.9 Å². The average molecular weight is 423 g/mol. The summed E-state index contributed by atoms with van der Waals surface area (Å²) in [6, 6.07) is 9.72. The van der Waals surface area contributed by atoms with Gasteiger partial charge < -0.3 is 14.6 Å². The van der Waals surface area contributed by atoms with Gasteiger partial charge in [-0.15, -0.1) is 0 Å². The first kappa shape index (κ1) is 27.6. The van der Waals surface area contributed by atoms with Crippen molar-refractivity contribution in [2.75, 3.05) is 6.61 Å². The molecule has 0 aliphatic heterocycles. The van der Waals surface area contributed by atoms with E-state index in [9.17, 15) is 14.4 Å². The number of rotatable bonds is 12. The maximum atomic E-state index is 11.6. The molecule has 0 fully saturated rings. The van der Waals surface area contributed by atoms with Crippen LogP contribution in [0.5, 0.6) is 0 Å². The second-order valence-corrected chi connectivity index (χ2v) is 7.98. The summed E-state index contributed by atoms with van der Waals surface area (Å²) in [6.07, 6.45) is 3.96. The highest BCUT2D eigenvalue weighted by Gasteiger charge is 2.26. The van der Waals surface area contributed by atoms with Gasteiger partial charge in [0.2, 0.25) is 0 Å². The topological polar surface area (TPSA) is 89.9 Å². The summed E-state index contributed by atoms with van der Waals surface area (Å²) in [5.74, 6) is -1.10. The van der Waals surface area contributed by atoms with Crippen LogP contribution in [0.1, 0.15) is 78.7 Å². The molecule has 0 saturated heterocycles. The third-order valence-electron chi connectivity index (χ3n) is 4.94. The minimum atomic E-state index is -0.772. The van der Waals surface area contributed by atoms with Crippen LogP contribution in [0.4, 0.5) is 0 Å². The van der Waals surface area contributed by atoms with Crippen LogP contribution in [0.3, 0.4) is 0 Å². The van der Waals surface area contributed by atoms with E-state index in [0.29, 0.717) is 19.6 Å². The maximum Gasteiger partial charge on any atom is 0.311 e. The minimum Gasteiger partial charge on any atom is -0.481 e. The van der Waals surface area contributed by atoms with E-state index in [0.717, 1.165) is 31.2 Å². The number of esters is 2. The van der Waals surface area contributed by atoms with Crippen LogP contribution in [0, 0.1) is 11.3 Å². The van der Waals surface area contributed by atoms with Crippen molar-refractivity contribution in [1.82, 2.24) is 0 Å². The van der Waals surface area contributed by atoms with E-state index in [1.165, 1.54) is 0 Å². The summed E-state index contributed by atoms with van der Waals surface area (Å²) in [5, 5.41) is 8.38. The van der Waals surface area contributed by atoms with Gasteiger partial charge in [0.25, 0.3) is 0 Å². The lowest BCUT2D eigenvalue weighted by Gasteiger charge is -2.20. The second-order valence-electron chi connectivity index (χ2n) is 7.98. The van der Waals surface area contributed by atoms with Crippen molar-refractivity contribution in [3.63, 3.8) is 0 Å². The van der Waals surface area contributed by atoms with Crippen LogP contribution in [-0.4, -0.2) is 29.6 Å². The first-order valence-electron chi connectivity index (χ1n) is 10.7. The van der Waals surface area contributed by atoms with Gasteiger partial charge in [-0.1, -0.05) is 51.1 Å². The summed E-state index contributed by atoms with van der Waals surface area (Å²) in [6.45, 7) is 10.3. The summed E-state index contributed by atoms with van der Waals surface area (Å²) in [5.41, 5.74) is 0.646. The Bertz CT molecular complexity index is 624. The van der Waals surface area contributed by atoms with Crippen molar-refractivity contribution < 1.29 is 29.0 Å². The molecule has 170 valence electrons. The quantitative estimate of drug-likeness (QED) is 0.359. The molecular weight excluding hydrogens is 384 g/mol. The van der Waals surface area contributed by atoms with Gasteiger partial charge in [0.15, 0.2) is 0 Å². The molecule has 0 radical (unpaired) electrons.